The summed E-state index contributed by atoms with van der Waals surface area (Å²) in [5.74, 6) is -0.632. The Balaban J connectivity index is 1.50. The van der Waals surface area contributed by atoms with Gasteiger partial charge in [0.2, 0.25) is 5.95 Å². The second-order valence-corrected chi connectivity index (χ2v) is 5.60. The molecule has 0 N–H and O–H groups in total. The van der Waals surface area contributed by atoms with Crippen LogP contribution in [0, 0.1) is 5.95 Å². The molecule has 0 aromatic carbocycles. The summed E-state index contributed by atoms with van der Waals surface area (Å²) in [4.78, 5) is 20.0. The van der Waals surface area contributed by atoms with Crippen LogP contribution in [0.15, 0.2) is 18.3 Å². The van der Waals surface area contributed by atoms with Crippen LogP contribution in [0.5, 0.6) is 0 Å². The van der Waals surface area contributed by atoms with Crippen LogP contribution in [0.25, 0.3) is 0 Å². The molecule has 2 aliphatic rings. The van der Waals surface area contributed by atoms with Gasteiger partial charge in [0.25, 0.3) is 5.91 Å². The lowest BCUT2D eigenvalue weighted by Gasteiger charge is -2.35. The van der Waals surface area contributed by atoms with Crippen molar-refractivity contribution in [3.8, 4) is 0 Å². The SMILES string of the molecule is O=C(c1ccc(F)nc1)N1CCN(CC2CCCO2)CC1. The summed E-state index contributed by atoms with van der Waals surface area (Å²) < 4.78 is 18.4. The van der Waals surface area contributed by atoms with Crippen molar-refractivity contribution in [2.75, 3.05) is 39.3 Å². The predicted octanol–water partition coefficient (Wildman–Crippen LogP) is 1.16. The van der Waals surface area contributed by atoms with E-state index in [1.165, 1.54) is 18.3 Å². The number of hydrogen-bond donors (Lipinski definition) is 0. The van der Waals surface area contributed by atoms with Crippen LogP contribution >= 0.6 is 0 Å². The molecule has 1 aromatic rings. The van der Waals surface area contributed by atoms with E-state index in [1.54, 1.807) is 4.90 Å². The molecule has 3 rings (SSSR count). The Kier molecular flexibility index (Phi) is 4.45. The Bertz CT molecular complexity index is 480. The molecule has 2 aliphatic heterocycles. The summed E-state index contributed by atoms with van der Waals surface area (Å²) in [7, 11) is 0. The minimum absolute atomic E-state index is 0.0701. The molecule has 21 heavy (non-hydrogen) atoms. The Hall–Kier alpha value is -1.53. The van der Waals surface area contributed by atoms with Crippen molar-refractivity contribution >= 4 is 5.91 Å². The van der Waals surface area contributed by atoms with Gasteiger partial charge in [-0.3, -0.25) is 9.69 Å². The molecule has 2 saturated heterocycles. The van der Waals surface area contributed by atoms with E-state index in [0.717, 1.165) is 39.1 Å². The van der Waals surface area contributed by atoms with Gasteiger partial charge in [-0.2, -0.15) is 4.39 Å². The van der Waals surface area contributed by atoms with E-state index >= 15 is 0 Å². The highest BCUT2D eigenvalue weighted by Crippen LogP contribution is 2.15. The molecule has 6 heteroatoms. The zero-order valence-corrected chi connectivity index (χ0v) is 12.0. The summed E-state index contributed by atoms with van der Waals surface area (Å²) >= 11 is 0. The maximum Gasteiger partial charge on any atom is 0.255 e. The first-order valence-electron chi connectivity index (χ1n) is 7.47. The Morgan fingerprint density at radius 2 is 2.14 bits per heavy atom. The quantitative estimate of drug-likeness (QED) is 0.785. The number of halogens is 1. The number of pyridine rings is 1. The van der Waals surface area contributed by atoms with Crippen LogP contribution in [-0.4, -0.2) is 66.1 Å². The van der Waals surface area contributed by atoms with Gasteiger partial charge in [0.15, 0.2) is 0 Å². The van der Waals surface area contributed by atoms with Crippen LogP contribution in [0.3, 0.4) is 0 Å². The zero-order chi connectivity index (χ0) is 14.7. The summed E-state index contributed by atoms with van der Waals surface area (Å²) in [6.07, 6.45) is 3.95. The average Bonchev–Trinajstić information content (AvgIpc) is 3.01. The molecule has 0 spiro atoms. The van der Waals surface area contributed by atoms with Gasteiger partial charge in [0.05, 0.1) is 11.7 Å². The number of carbonyl (C=O) groups is 1. The van der Waals surface area contributed by atoms with Crippen molar-refractivity contribution in [2.24, 2.45) is 0 Å². The van der Waals surface area contributed by atoms with Crippen molar-refractivity contribution in [3.63, 3.8) is 0 Å². The first kappa shape index (κ1) is 14.4. The monoisotopic (exact) mass is 293 g/mol. The van der Waals surface area contributed by atoms with Gasteiger partial charge in [0, 0.05) is 45.5 Å². The third-order valence-electron chi connectivity index (χ3n) is 4.12. The molecule has 0 bridgehead atoms. The van der Waals surface area contributed by atoms with Gasteiger partial charge in [-0.05, 0) is 25.0 Å². The smallest absolute Gasteiger partial charge is 0.255 e. The lowest BCUT2D eigenvalue weighted by atomic mass is 10.2. The van der Waals surface area contributed by atoms with E-state index < -0.39 is 5.95 Å². The summed E-state index contributed by atoms with van der Waals surface area (Å²) in [5.41, 5.74) is 0.448. The van der Waals surface area contributed by atoms with E-state index in [9.17, 15) is 9.18 Å². The van der Waals surface area contributed by atoms with E-state index in [0.29, 0.717) is 24.8 Å². The lowest BCUT2D eigenvalue weighted by molar-refractivity contribution is 0.0432. The Morgan fingerprint density at radius 1 is 1.33 bits per heavy atom. The number of amides is 1. The van der Waals surface area contributed by atoms with Crippen LogP contribution in [0.2, 0.25) is 0 Å². The molecule has 1 aromatic heterocycles. The fourth-order valence-electron chi connectivity index (χ4n) is 2.89. The molecule has 1 amide bonds. The first-order valence-corrected chi connectivity index (χ1v) is 7.47. The number of piperazine rings is 1. The van der Waals surface area contributed by atoms with Crippen molar-refractivity contribution in [1.82, 2.24) is 14.8 Å². The molecular formula is C15H20FN3O2. The summed E-state index contributed by atoms with van der Waals surface area (Å²) in [6, 6.07) is 2.71. The highest BCUT2D eigenvalue weighted by atomic mass is 19.1. The van der Waals surface area contributed by atoms with Crippen LogP contribution in [0.1, 0.15) is 23.2 Å². The number of rotatable bonds is 3. The number of aromatic nitrogens is 1. The van der Waals surface area contributed by atoms with Crippen LogP contribution < -0.4 is 0 Å². The van der Waals surface area contributed by atoms with Crippen molar-refractivity contribution in [3.05, 3.63) is 29.8 Å². The first-order chi connectivity index (χ1) is 10.2. The third-order valence-corrected chi connectivity index (χ3v) is 4.12. The fourth-order valence-corrected chi connectivity index (χ4v) is 2.89. The minimum Gasteiger partial charge on any atom is -0.377 e. The molecule has 0 saturated carbocycles. The van der Waals surface area contributed by atoms with Gasteiger partial charge >= 0.3 is 0 Å². The van der Waals surface area contributed by atoms with Gasteiger partial charge < -0.3 is 9.64 Å². The summed E-state index contributed by atoms with van der Waals surface area (Å²) in [5, 5.41) is 0. The molecule has 2 fully saturated rings. The number of hydrogen-bond acceptors (Lipinski definition) is 4. The molecular weight excluding hydrogens is 273 g/mol. The topological polar surface area (TPSA) is 45.7 Å². The van der Waals surface area contributed by atoms with E-state index in [1.807, 2.05) is 0 Å². The maximum atomic E-state index is 12.8. The van der Waals surface area contributed by atoms with Gasteiger partial charge in [0.1, 0.15) is 0 Å². The number of nitrogens with zero attached hydrogens (tertiary/aromatic N) is 3. The van der Waals surface area contributed by atoms with Crippen molar-refractivity contribution in [1.29, 1.82) is 0 Å². The van der Waals surface area contributed by atoms with Crippen molar-refractivity contribution in [2.45, 2.75) is 18.9 Å². The number of carbonyl (C=O) groups excluding carboxylic acids is 1. The average molecular weight is 293 g/mol. The van der Waals surface area contributed by atoms with Gasteiger partial charge in [-0.15, -0.1) is 0 Å². The molecule has 1 atom stereocenters. The normalized spacial score (nSPS) is 23.5. The van der Waals surface area contributed by atoms with Crippen LogP contribution in [0.4, 0.5) is 4.39 Å². The second-order valence-electron chi connectivity index (χ2n) is 5.60. The molecule has 5 nitrogen and oxygen atoms in total. The zero-order valence-electron chi connectivity index (χ0n) is 12.0. The second kappa shape index (κ2) is 6.49. The van der Waals surface area contributed by atoms with Gasteiger partial charge in [-0.25, -0.2) is 4.98 Å². The van der Waals surface area contributed by atoms with Crippen molar-refractivity contribution < 1.29 is 13.9 Å². The van der Waals surface area contributed by atoms with E-state index in [2.05, 4.69) is 9.88 Å². The van der Waals surface area contributed by atoms with E-state index in [4.69, 9.17) is 4.74 Å². The molecule has 0 aliphatic carbocycles. The Morgan fingerprint density at radius 3 is 2.76 bits per heavy atom. The largest absolute Gasteiger partial charge is 0.377 e. The maximum absolute atomic E-state index is 12.8. The molecule has 1 unspecified atom stereocenters. The van der Waals surface area contributed by atoms with Crippen LogP contribution in [-0.2, 0) is 4.74 Å². The number of ether oxygens (including phenoxy) is 1. The fraction of sp³-hybridized carbons (Fsp3) is 0.600. The minimum atomic E-state index is -0.562. The van der Waals surface area contributed by atoms with Gasteiger partial charge in [-0.1, -0.05) is 0 Å². The predicted molar refractivity (Wildman–Crippen MR) is 75.5 cm³/mol. The molecule has 3 heterocycles. The Labute approximate surface area is 123 Å². The summed E-state index contributed by atoms with van der Waals surface area (Å²) in [6.45, 7) is 4.95. The lowest BCUT2D eigenvalue weighted by Crippen LogP contribution is -2.50. The van der Waals surface area contributed by atoms with E-state index in [-0.39, 0.29) is 5.91 Å². The molecule has 0 radical (unpaired) electrons. The highest BCUT2D eigenvalue weighted by molar-refractivity contribution is 5.93. The standard InChI is InChI=1S/C15H20FN3O2/c16-14-4-3-12(10-17-14)15(20)19-7-5-18(6-8-19)11-13-2-1-9-21-13/h3-4,10,13H,1-2,5-9,11H2. The highest BCUT2D eigenvalue weighted by Gasteiger charge is 2.25. The molecule has 114 valence electrons. The third kappa shape index (κ3) is 3.57.